The van der Waals surface area contributed by atoms with Gasteiger partial charge in [-0.1, -0.05) is 42.5 Å². The van der Waals surface area contributed by atoms with Crippen molar-refractivity contribution in [1.82, 2.24) is 10.2 Å². The van der Waals surface area contributed by atoms with Crippen LogP contribution in [0.15, 0.2) is 48.5 Å². The first kappa shape index (κ1) is 23.4. The highest BCUT2D eigenvalue weighted by molar-refractivity contribution is 7.92. The fourth-order valence-corrected chi connectivity index (χ4v) is 4.11. The Hall–Kier alpha value is -2.87. The number of nitrogens with one attached hydrogen (secondary N) is 1. The van der Waals surface area contributed by atoms with E-state index in [-0.39, 0.29) is 12.5 Å². The smallest absolute Gasteiger partial charge is 0.244 e. The number of hydrogen-bond acceptors (Lipinski definition) is 4. The van der Waals surface area contributed by atoms with Crippen molar-refractivity contribution in [1.29, 1.82) is 0 Å². The number of rotatable bonds is 8. The number of sulfonamides is 1. The molecule has 2 aromatic rings. The van der Waals surface area contributed by atoms with E-state index in [1.807, 2.05) is 31.2 Å². The number of aryl methyl sites for hydroxylation is 2. The molecule has 0 heterocycles. The third kappa shape index (κ3) is 5.60. The zero-order valence-corrected chi connectivity index (χ0v) is 18.9. The Bertz CT molecular complexity index is 1020. The zero-order valence-electron chi connectivity index (χ0n) is 18.0. The number of carbonyl (C=O) groups excluding carboxylic acids is 2. The largest absolute Gasteiger partial charge is 0.357 e. The van der Waals surface area contributed by atoms with Gasteiger partial charge >= 0.3 is 0 Å². The van der Waals surface area contributed by atoms with E-state index in [4.69, 9.17) is 0 Å². The fraction of sp³-hybridized carbons (Fsp3) is 0.364. The molecule has 8 heteroatoms. The molecule has 30 heavy (non-hydrogen) atoms. The van der Waals surface area contributed by atoms with Gasteiger partial charge in [0.25, 0.3) is 0 Å². The predicted molar refractivity (Wildman–Crippen MR) is 119 cm³/mol. The van der Waals surface area contributed by atoms with E-state index in [0.29, 0.717) is 5.69 Å². The first-order valence-corrected chi connectivity index (χ1v) is 11.5. The standard InChI is InChI=1S/C22H29N3O4S/c1-16-10-6-8-12-19(16)14-24(18(3)22(27)23-4)21(26)15-25(30(5,28)29)20-13-9-7-11-17(20)2/h6-13,18H,14-15H2,1-5H3,(H,23,27)/t18-/m0/s1. The van der Waals surface area contributed by atoms with E-state index >= 15 is 0 Å². The number of para-hydroxylation sites is 1. The average molecular weight is 432 g/mol. The van der Waals surface area contributed by atoms with Crippen LogP contribution in [0.3, 0.4) is 0 Å². The van der Waals surface area contributed by atoms with Crippen LogP contribution in [0.4, 0.5) is 5.69 Å². The van der Waals surface area contributed by atoms with Crippen molar-refractivity contribution in [2.45, 2.75) is 33.4 Å². The second kappa shape index (κ2) is 9.75. The Labute approximate surface area is 178 Å². The summed E-state index contributed by atoms with van der Waals surface area (Å²) in [7, 11) is -2.21. The summed E-state index contributed by atoms with van der Waals surface area (Å²) in [4.78, 5) is 27.0. The number of amides is 2. The van der Waals surface area contributed by atoms with E-state index in [1.54, 1.807) is 38.1 Å². The lowest BCUT2D eigenvalue weighted by Gasteiger charge is -2.32. The average Bonchev–Trinajstić information content (AvgIpc) is 2.70. The molecule has 0 saturated heterocycles. The Morgan fingerprint density at radius 2 is 1.57 bits per heavy atom. The molecular weight excluding hydrogens is 402 g/mol. The normalized spacial score (nSPS) is 12.2. The van der Waals surface area contributed by atoms with E-state index in [2.05, 4.69) is 5.32 Å². The molecule has 1 N–H and O–H groups in total. The minimum atomic E-state index is -3.72. The van der Waals surface area contributed by atoms with Crippen molar-refractivity contribution in [3.8, 4) is 0 Å². The number of hydrogen-bond donors (Lipinski definition) is 1. The molecule has 7 nitrogen and oxygen atoms in total. The number of anilines is 1. The summed E-state index contributed by atoms with van der Waals surface area (Å²) in [6.07, 6.45) is 1.07. The maximum Gasteiger partial charge on any atom is 0.244 e. The number of benzene rings is 2. The van der Waals surface area contributed by atoms with Crippen molar-refractivity contribution >= 4 is 27.5 Å². The Morgan fingerprint density at radius 1 is 1.00 bits per heavy atom. The lowest BCUT2D eigenvalue weighted by Crippen LogP contribution is -2.50. The van der Waals surface area contributed by atoms with Crippen LogP contribution in [-0.2, 0) is 26.2 Å². The fourth-order valence-electron chi connectivity index (χ4n) is 3.20. The van der Waals surface area contributed by atoms with Gasteiger partial charge in [0.1, 0.15) is 12.6 Å². The van der Waals surface area contributed by atoms with Gasteiger partial charge in [-0.05, 0) is 43.5 Å². The summed E-state index contributed by atoms with van der Waals surface area (Å²) < 4.78 is 26.1. The van der Waals surface area contributed by atoms with Gasteiger partial charge in [0.15, 0.2) is 0 Å². The minimum absolute atomic E-state index is 0.200. The van der Waals surface area contributed by atoms with Crippen LogP contribution >= 0.6 is 0 Å². The molecule has 0 aliphatic rings. The molecule has 0 unspecified atom stereocenters. The molecule has 0 fully saturated rings. The van der Waals surface area contributed by atoms with Gasteiger partial charge < -0.3 is 10.2 Å². The second-order valence-electron chi connectivity index (χ2n) is 7.29. The molecule has 1 atom stereocenters. The molecule has 162 valence electrons. The SMILES string of the molecule is CNC(=O)[C@H](C)N(Cc1ccccc1C)C(=O)CN(c1ccccc1C)S(C)(=O)=O. The van der Waals surface area contributed by atoms with Gasteiger partial charge in [0.05, 0.1) is 11.9 Å². The van der Waals surface area contributed by atoms with Gasteiger partial charge in [0, 0.05) is 13.6 Å². The highest BCUT2D eigenvalue weighted by atomic mass is 32.2. The number of carbonyl (C=O) groups is 2. The first-order chi connectivity index (χ1) is 14.1. The lowest BCUT2D eigenvalue weighted by molar-refractivity contribution is -0.139. The van der Waals surface area contributed by atoms with Gasteiger partial charge in [0.2, 0.25) is 21.8 Å². The van der Waals surface area contributed by atoms with Crippen molar-refractivity contribution in [2.75, 3.05) is 24.2 Å². The number of likely N-dealkylation sites (N-methyl/N-ethyl adjacent to an activating group) is 1. The maximum absolute atomic E-state index is 13.3. The van der Waals surface area contributed by atoms with Crippen LogP contribution in [0.1, 0.15) is 23.6 Å². The Kier molecular flexibility index (Phi) is 7.61. The van der Waals surface area contributed by atoms with Crippen molar-refractivity contribution < 1.29 is 18.0 Å². The molecule has 0 aliphatic carbocycles. The predicted octanol–water partition coefficient (Wildman–Crippen LogP) is 2.23. The minimum Gasteiger partial charge on any atom is -0.357 e. The van der Waals surface area contributed by atoms with Gasteiger partial charge in [-0.2, -0.15) is 0 Å². The Balaban J connectivity index is 2.41. The van der Waals surface area contributed by atoms with Crippen LogP contribution in [0, 0.1) is 13.8 Å². The monoisotopic (exact) mass is 431 g/mol. The molecule has 2 rings (SSSR count). The van der Waals surface area contributed by atoms with Crippen LogP contribution in [0.5, 0.6) is 0 Å². The van der Waals surface area contributed by atoms with E-state index in [9.17, 15) is 18.0 Å². The van der Waals surface area contributed by atoms with E-state index in [0.717, 1.165) is 27.3 Å². The summed E-state index contributed by atoms with van der Waals surface area (Å²) in [5, 5.41) is 2.56. The summed E-state index contributed by atoms with van der Waals surface area (Å²) >= 11 is 0. The Morgan fingerprint density at radius 3 is 2.10 bits per heavy atom. The van der Waals surface area contributed by atoms with Gasteiger partial charge in [-0.25, -0.2) is 8.42 Å². The summed E-state index contributed by atoms with van der Waals surface area (Å²) in [5.74, 6) is -0.776. The molecule has 0 aliphatic heterocycles. The molecule has 0 radical (unpaired) electrons. The van der Waals surface area contributed by atoms with Crippen molar-refractivity contribution in [2.24, 2.45) is 0 Å². The quantitative estimate of drug-likeness (QED) is 0.694. The van der Waals surface area contributed by atoms with Crippen LogP contribution < -0.4 is 9.62 Å². The third-order valence-electron chi connectivity index (χ3n) is 5.08. The van der Waals surface area contributed by atoms with Crippen LogP contribution in [0.2, 0.25) is 0 Å². The van der Waals surface area contributed by atoms with Crippen LogP contribution in [0.25, 0.3) is 0 Å². The number of nitrogens with zero attached hydrogens (tertiary/aromatic N) is 2. The molecule has 0 spiro atoms. The summed E-state index contributed by atoms with van der Waals surface area (Å²) in [6.45, 7) is 5.16. The second-order valence-corrected chi connectivity index (χ2v) is 9.20. The van der Waals surface area contributed by atoms with E-state index in [1.165, 1.54) is 11.9 Å². The third-order valence-corrected chi connectivity index (χ3v) is 6.21. The molecule has 0 aromatic heterocycles. The molecule has 2 amide bonds. The zero-order chi connectivity index (χ0) is 22.5. The maximum atomic E-state index is 13.3. The van der Waals surface area contributed by atoms with Crippen molar-refractivity contribution in [3.63, 3.8) is 0 Å². The molecule has 2 aromatic carbocycles. The molecule has 0 bridgehead atoms. The summed E-state index contributed by atoms with van der Waals surface area (Å²) in [5.41, 5.74) is 3.05. The topological polar surface area (TPSA) is 86.8 Å². The van der Waals surface area contributed by atoms with Crippen molar-refractivity contribution in [3.05, 3.63) is 65.2 Å². The first-order valence-electron chi connectivity index (χ1n) is 9.65. The molecular formula is C22H29N3O4S. The van der Waals surface area contributed by atoms with Crippen LogP contribution in [-0.4, -0.2) is 51.0 Å². The van der Waals surface area contributed by atoms with Gasteiger partial charge in [-0.3, -0.25) is 13.9 Å². The summed E-state index contributed by atoms with van der Waals surface area (Å²) in [6, 6.07) is 13.8. The van der Waals surface area contributed by atoms with Gasteiger partial charge in [-0.15, -0.1) is 0 Å². The molecule has 0 saturated carbocycles. The van der Waals surface area contributed by atoms with E-state index < -0.39 is 28.5 Å². The highest BCUT2D eigenvalue weighted by Gasteiger charge is 2.30. The lowest BCUT2D eigenvalue weighted by atomic mass is 10.1. The highest BCUT2D eigenvalue weighted by Crippen LogP contribution is 2.23.